The number of carbonyl (C=O) groups is 2. The van der Waals surface area contributed by atoms with Gasteiger partial charge in [0.25, 0.3) is 0 Å². The minimum atomic E-state index is -1.34. The van der Waals surface area contributed by atoms with Crippen LogP contribution in [0.3, 0.4) is 0 Å². The summed E-state index contributed by atoms with van der Waals surface area (Å²) in [7, 11) is 2.90. The Balaban J connectivity index is 3.28. The van der Waals surface area contributed by atoms with Crippen LogP contribution >= 0.6 is 0 Å². The highest BCUT2D eigenvalue weighted by atomic mass is 16.5. The molecule has 0 radical (unpaired) electrons. The zero-order valence-electron chi connectivity index (χ0n) is 9.43. The Morgan fingerprint density at radius 3 is 2.12 bits per heavy atom. The van der Waals surface area contributed by atoms with Gasteiger partial charge in [-0.25, -0.2) is 0 Å². The first-order valence-electron chi connectivity index (χ1n) is 4.72. The van der Waals surface area contributed by atoms with Crippen LogP contribution in [0.1, 0.15) is 15.9 Å². The lowest BCUT2D eigenvalue weighted by Crippen LogP contribution is -2.18. The van der Waals surface area contributed by atoms with Crippen molar-refractivity contribution in [3.63, 3.8) is 0 Å². The number of carbonyl (C=O) groups excluding carboxylic acids is 2. The van der Waals surface area contributed by atoms with E-state index in [2.05, 4.69) is 0 Å². The minimum absolute atomic E-state index is 0.306. The molecule has 0 saturated carbocycles. The van der Waals surface area contributed by atoms with Gasteiger partial charge in [-0.2, -0.15) is 0 Å². The molecule has 0 N–H and O–H groups in total. The van der Waals surface area contributed by atoms with Gasteiger partial charge in [-0.1, -0.05) is 6.08 Å². The standard InChI is InChI=1S/C12H12O5/c1-16-10-5-8(3-4-12(14)15)9(7-13)6-11(10)17-2/h3-7H,1-2H3,(H,14,15)/p-1/b4-3+. The number of hydrogen-bond donors (Lipinski definition) is 0. The zero-order chi connectivity index (χ0) is 12.8. The Morgan fingerprint density at radius 2 is 1.71 bits per heavy atom. The van der Waals surface area contributed by atoms with Gasteiger partial charge < -0.3 is 19.4 Å². The Morgan fingerprint density at radius 1 is 1.18 bits per heavy atom. The zero-order valence-corrected chi connectivity index (χ0v) is 9.43. The fraction of sp³-hybridized carbons (Fsp3) is 0.167. The molecule has 5 nitrogen and oxygen atoms in total. The van der Waals surface area contributed by atoms with Crippen molar-refractivity contribution in [3.8, 4) is 11.5 Å². The van der Waals surface area contributed by atoms with Crippen molar-refractivity contribution in [1.29, 1.82) is 0 Å². The molecule has 1 aromatic carbocycles. The van der Waals surface area contributed by atoms with Crippen LogP contribution in [0.25, 0.3) is 6.08 Å². The van der Waals surface area contributed by atoms with Gasteiger partial charge in [0, 0.05) is 5.56 Å². The van der Waals surface area contributed by atoms with E-state index in [1.54, 1.807) is 0 Å². The molecular formula is C12H11O5-. The van der Waals surface area contributed by atoms with E-state index in [9.17, 15) is 14.7 Å². The monoisotopic (exact) mass is 235 g/mol. The maximum absolute atomic E-state index is 10.8. The maximum atomic E-state index is 10.8. The summed E-state index contributed by atoms with van der Waals surface area (Å²) in [6, 6.07) is 2.99. The minimum Gasteiger partial charge on any atom is -0.545 e. The molecule has 5 heteroatoms. The van der Waals surface area contributed by atoms with Gasteiger partial charge in [-0.05, 0) is 23.8 Å². The maximum Gasteiger partial charge on any atom is 0.161 e. The van der Waals surface area contributed by atoms with Crippen molar-refractivity contribution in [3.05, 3.63) is 29.3 Å². The lowest BCUT2D eigenvalue weighted by molar-refractivity contribution is -0.297. The summed E-state index contributed by atoms with van der Waals surface area (Å²) in [6.07, 6.45) is 2.71. The predicted molar refractivity (Wildman–Crippen MR) is 59.0 cm³/mol. The topological polar surface area (TPSA) is 75.7 Å². The summed E-state index contributed by atoms with van der Waals surface area (Å²) in [5.74, 6) is -0.520. The molecule has 0 bridgehead atoms. The van der Waals surface area contributed by atoms with Gasteiger partial charge in [0.15, 0.2) is 17.8 Å². The van der Waals surface area contributed by atoms with Crippen molar-refractivity contribution < 1.29 is 24.2 Å². The Bertz CT molecular complexity index is 462. The molecular weight excluding hydrogens is 224 g/mol. The highest BCUT2D eigenvalue weighted by Crippen LogP contribution is 2.30. The highest BCUT2D eigenvalue weighted by molar-refractivity contribution is 5.89. The third-order valence-electron chi connectivity index (χ3n) is 2.12. The molecule has 0 fully saturated rings. The number of aldehydes is 1. The van der Waals surface area contributed by atoms with Gasteiger partial charge in [0.2, 0.25) is 0 Å². The van der Waals surface area contributed by atoms with E-state index in [-0.39, 0.29) is 0 Å². The first kappa shape index (κ1) is 12.8. The Kier molecular flexibility index (Phi) is 4.28. The van der Waals surface area contributed by atoms with Crippen LogP contribution in [0.15, 0.2) is 18.2 Å². The molecule has 0 atom stereocenters. The Hall–Kier alpha value is -2.30. The fourth-order valence-corrected chi connectivity index (χ4v) is 1.31. The normalized spacial score (nSPS) is 10.2. The van der Waals surface area contributed by atoms with Crippen molar-refractivity contribution in [2.75, 3.05) is 14.2 Å². The second-order valence-corrected chi connectivity index (χ2v) is 3.11. The van der Waals surface area contributed by atoms with Crippen LogP contribution < -0.4 is 14.6 Å². The smallest absolute Gasteiger partial charge is 0.161 e. The molecule has 0 saturated heterocycles. The van der Waals surface area contributed by atoms with Crippen LogP contribution in [0.5, 0.6) is 11.5 Å². The van der Waals surface area contributed by atoms with Crippen LogP contribution in [0, 0.1) is 0 Å². The quantitative estimate of drug-likeness (QED) is 0.541. The molecule has 0 spiro atoms. The number of aliphatic carboxylic acids is 1. The molecule has 0 heterocycles. The molecule has 1 aromatic rings. The van der Waals surface area contributed by atoms with Crippen molar-refractivity contribution in [1.82, 2.24) is 0 Å². The lowest BCUT2D eigenvalue weighted by Gasteiger charge is -2.10. The number of benzene rings is 1. The highest BCUT2D eigenvalue weighted by Gasteiger charge is 2.08. The molecule has 0 unspecified atom stereocenters. The summed E-state index contributed by atoms with van der Waals surface area (Å²) in [5, 5.41) is 10.3. The summed E-state index contributed by atoms with van der Waals surface area (Å²) in [5.41, 5.74) is 0.724. The van der Waals surface area contributed by atoms with E-state index in [0.29, 0.717) is 28.9 Å². The molecule has 17 heavy (non-hydrogen) atoms. The summed E-state index contributed by atoms with van der Waals surface area (Å²) in [4.78, 5) is 21.2. The number of rotatable bonds is 5. The molecule has 0 aliphatic carbocycles. The summed E-state index contributed by atoms with van der Waals surface area (Å²) in [6.45, 7) is 0. The Labute approximate surface area is 98.3 Å². The van der Waals surface area contributed by atoms with Crippen molar-refractivity contribution in [2.24, 2.45) is 0 Å². The van der Waals surface area contributed by atoms with E-state index in [4.69, 9.17) is 9.47 Å². The van der Waals surface area contributed by atoms with Gasteiger partial charge in [0.05, 0.1) is 20.2 Å². The third kappa shape index (κ3) is 3.07. The molecule has 0 amide bonds. The van der Waals surface area contributed by atoms with E-state index in [0.717, 1.165) is 6.08 Å². The van der Waals surface area contributed by atoms with Gasteiger partial charge in [-0.15, -0.1) is 0 Å². The average Bonchev–Trinajstić information content (AvgIpc) is 2.34. The molecule has 90 valence electrons. The largest absolute Gasteiger partial charge is 0.545 e. The van der Waals surface area contributed by atoms with Gasteiger partial charge >= 0.3 is 0 Å². The second kappa shape index (κ2) is 5.69. The van der Waals surface area contributed by atoms with Gasteiger partial charge in [0.1, 0.15) is 0 Å². The summed E-state index contributed by atoms with van der Waals surface area (Å²) < 4.78 is 10.1. The van der Waals surface area contributed by atoms with E-state index < -0.39 is 5.97 Å². The van der Waals surface area contributed by atoms with Crippen LogP contribution in [-0.4, -0.2) is 26.5 Å². The second-order valence-electron chi connectivity index (χ2n) is 3.11. The molecule has 0 aliphatic rings. The number of hydrogen-bond acceptors (Lipinski definition) is 5. The van der Waals surface area contributed by atoms with E-state index in [1.807, 2.05) is 0 Å². The van der Waals surface area contributed by atoms with Crippen LogP contribution in [0.2, 0.25) is 0 Å². The number of methoxy groups -OCH3 is 2. The first-order chi connectivity index (χ1) is 8.12. The third-order valence-corrected chi connectivity index (χ3v) is 2.12. The van der Waals surface area contributed by atoms with E-state index in [1.165, 1.54) is 32.4 Å². The average molecular weight is 235 g/mol. The SMILES string of the molecule is COc1cc(C=O)c(/C=C/C(=O)[O-])cc1OC. The van der Waals surface area contributed by atoms with Crippen molar-refractivity contribution >= 4 is 18.3 Å². The molecule has 0 aromatic heterocycles. The van der Waals surface area contributed by atoms with Crippen molar-refractivity contribution in [2.45, 2.75) is 0 Å². The fourth-order valence-electron chi connectivity index (χ4n) is 1.31. The van der Waals surface area contributed by atoms with Gasteiger partial charge in [-0.3, -0.25) is 4.79 Å². The predicted octanol–water partition coefficient (Wildman–Crippen LogP) is 0.279. The molecule has 1 rings (SSSR count). The summed E-state index contributed by atoms with van der Waals surface area (Å²) >= 11 is 0. The van der Waals surface area contributed by atoms with Crippen LogP contribution in [-0.2, 0) is 4.79 Å². The van der Waals surface area contributed by atoms with Crippen LogP contribution in [0.4, 0.5) is 0 Å². The number of carboxylic acids is 1. The van der Waals surface area contributed by atoms with E-state index >= 15 is 0 Å². The molecule has 0 aliphatic heterocycles. The number of carboxylic acid groups (broad SMARTS) is 1. The first-order valence-corrected chi connectivity index (χ1v) is 4.72. The number of ether oxygens (including phenoxy) is 2. The lowest BCUT2D eigenvalue weighted by atomic mass is 10.1.